The lowest BCUT2D eigenvalue weighted by molar-refractivity contribution is -0.117. The number of hydrogen-bond acceptors (Lipinski definition) is 7. The lowest BCUT2D eigenvalue weighted by atomic mass is 10.5. The first-order valence-electron chi connectivity index (χ1n) is 6.27. The lowest BCUT2D eigenvalue weighted by Gasteiger charge is -2.03. The molecule has 0 atom stereocenters. The van der Waals surface area contributed by atoms with Gasteiger partial charge in [-0.2, -0.15) is 0 Å². The van der Waals surface area contributed by atoms with Crippen molar-refractivity contribution in [3.63, 3.8) is 0 Å². The van der Waals surface area contributed by atoms with Crippen molar-refractivity contribution in [1.29, 1.82) is 0 Å². The third-order valence-corrected chi connectivity index (χ3v) is 3.93. The minimum atomic E-state index is -0.493. The van der Waals surface area contributed by atoms with E-state index in [4.69, 9.17) is 4.42 Å². The summed E-state index contributed by atoms with van der Waals surface area (Å²) in [6.07, 6.45) is 0.809. The Morgan fingerprint density at radius 1 is 1.43 bits per heavy atom. The summed E-state index contributed by atoms with van der Waals surface area (Å²) >= 11 is 2.58. The molecule has 7 nitrogen and oxygen atoms in total. The summed E-state index contributed by atoms with van der Waals surface area (Å²) in [7, 11) is 0. The molecule has 0 unspecified atom stereocenters. The van der Waals surface area contributed by atoms with Crippen LogP contribution in [0, 0.1) is 0 Å². The lowest BCUT2D eigenvalue weighted by Crippen LogP contribution is -2.40. The van der Waals surface area contributed by atoms with E-state index in [0.717, 1.165) is 23.1 Å². The molecule has 112 valence electrons. The van der Waals surface area contributed by atoms with Crippen LogP contribution < -0.4 is 10.6 Å². The molecule has 2 N–H and O–H groups in total. The maximum absolute atomic E-state index is 11.5. The number of aromatic nitrogens is 2. The molecule has 0 bridgehead atoms. The van der Waals surface area contributed by atoms with Crippen molar-refractivity contribution in [2.75, 3.05) is 12.3 Å². The van der Waals surface area contributed by atoms with Crippen molar-refractivity contribution >= 4 is 35.0 Å². The summed E-state index contributed by atoms with van der Waals surface area (Å²) in [4.78, 5) is 23.7. The Morgan fingerprint density at radius 2 is 2.29 bits per heavy atom. The zero-order valence-electron chi connectivity index (χ0n) is 11.3. The van der Waals surface area contributed by atoms with E-state index in [-0.39, 0.29) is 5.75 Å². The molecule has 2 heterocycles. The van der Waals surface area contributed by atoms with E-state index in [0.29, 0.717) is 17.7 Å². The first kappa shape index (κ1) is 15.5. The fourth-order valence-corrected chi connectivity index (χ4v) is 2.55. The second kappa shape index (κ2) is 7.79. The topological polar surface area (TPSA) is 97.1 Å². The van der Waals surface area contributed by atoms with Gasteiger partial charge in [-0.1, -0.05) is 24.8 Å². The monoisotopic (exact) mass is 326 g/mol. The predicted octanol–water partition coefficient (Wildman–Crippen LogP) is 2.13. The maximum Gasteiger partial charge on any atom is 0.321 e. The molecule has 2 rings (SSSR count). The highest BCUT2D eigenvalue weighted by atomic mass is 32.2. The molecule has 0 spiro atoms. The maximum atomic E-state index is 11.5. The molecule has 2 aromatic heterocycles. The van der Waals surface area contributed by atoms with E-state index in [1.165, 1.54) is 11.3 Å². The molecule has 0 aliphatic heterocycles. The average Bonchev–Trinajstić information content (AvgIpc) is 3.13. The van der Waals surface area contributed by atoms with Crippen LogP contribution in [0.2, 0.25) is 0 Å². The van der Waals surface area contributed by atoms with Crippen LogP contribution in [0.3, 0.4) is 0 Å². The average molecular weight is 326 g/mol. The van der Waals surface area contributed by atoms with Gasteiger partial charge in [0.2, 0.25) is 5.91 Å². The van der Waals surface area contributed by atoms with E-state index in [1.54, 1.807) is 0 Å². The molecule has 0 saturated carbocycles. The standard InChI is InChI=1S/C12H14N4O3S2/c1-2-5-13-11(18)14-9(17)7-21-12-16-15-10(19-12)8-4-3-6-20-8/h3-4,6H,2,5,7H2,1H3,(H2,13,14,17,18). The van der Waals surface area contributed by atoms with Crippen molar-refractivity contribution in [1.82, 2.24) is 20.8 Å². The summed E-state index contributed by atoms with van der Waals surface area (Å²) in [5.41, 5.74) is 0. The summed E-state index contributed by atoms with van der Waals surface area (Å²) in [6.45, 7) is 2.46. The molecule has 9 heteroatoms. The van der Waals surface area contributed by atoms with E-state index >= 15 is 0 Å². The number of hydrogen-bond donors (Lipinski definition) is 2. The molecule has 3 amide bonds. The molecule has 0 saturated heterocycles. The summed E-state index contributed by atoms with van der Waals surface area (Å²) in [5, 5.41) is 14.7. The number of carbonyl (C=O) groups is 2. The fraction of sp³-hybridized carbons (Fsp3) is 0.333. The van der Waals surface area contributed by atoms with Gasteiger partial charge in [-0.05, 0) is 17.9 Å². The van der Waals surface area contributed by atoms with Gasteiger partial charge in [-0.3, -0.25) is 10.1 Å². The summed E-state index contributed by atoms with van der Waals surface area (Å²) in [5.74, 6) is 0.0455. The zero-order valence-corrected chi connectivity index (χ0v) is 12.9. The van der Waals surface area contributed by atoms with Crippen LogP contribution in [0.5, 0.6) is 0 Å². The number of thiophene rings is 1. The Balaban J connectivity index is 1.78. The molecule has 21 heavy (non-hydrogen) atoms. The number of nitrogens with zero attached hydrogens (tertiary/aromatic N) is 2. The first-order chi connectivity index (χ1) is 10.2. The molecule has 0 radical (unpaired) electrons. The number of nitrogens with one attached hydrogen (secondary N) is 2. The molecule has 0 fully saturated rings. The molecule has 0 aliphatic rings. The first-order valence-corrected chi connectivity index (χ1v) is 8.13. The van der Waals surface area contributed by atoms with E-state index in [1.807, 2.05) is 24.4 Å². The third kappa shape index (κ3) is 4.87. The van der Waals surface area contributed by atoms with Gasteiger partial charge in [-0.25, -0.2) is 4.79 Å². The van der Waals surface area contributed by atoms with E-state index in [9.17, 15) is 9.59 Å². The second-order valence-corrected chi connectivity index (χ2v) is 5.82. The molecule has 0 aliphatic carbocycles. The highest BCUT2D eigenvalue weighted by Gasteiger charge is 2.13. The molecular formula is C12H14N4O3S2. The number of urea groups is 1. The van der Waals surface area contributed by atoms with Crippen LogP contribution >= 0.6 is 23.1 Å². The Labute approximate surface area is 129 Å². The van der Waals surface area contributed by atoms with Gasteiger partial charge in [0.05, 0.1) is 10.6 Å². The Bertz CT molecular complexity index is 597. The number of carbonyl (C=O) groups excluding carboxylic acids is 2. The van der Waals surface area contributed by atoms with E-state index < -0.39 is 11.9 Å². The highest BCUT2D eigenvalue weighted by Crippen LogP contribution is 2.26. The predicted molar refractivity (Wildman–Crippen MR) is 80.2 cm³/mol. The van der Waals surface area contributed by atoms with Gasteiger partial charge >= 0.3 is 6.03 Å². The van der Waals surface area contributed by atoms with E-state index in [2.05, 4.69) is 20.8 Å². The number of amides is 3. The summed E-state index contributed by atoms with van der Waals surface area (Å²) < 4.78 is 5.42. The van der Waals surface area contributed by atoms with Gasteiger partial charge in [0.25, 0.3) is 11.1 Å². The second-order valence-electron chi connectivity index (χ2n) is 3.94. The number of imide groups is 1. The van der Waals surface area contributed by atoms with Crippen LogP contribution in [0.4, 0.5) is 4.79 Å². The summed E-state index contributed by atoms with van der Waals surface area (Å²) in [6, 6.07) is 3.27. The van der Waals surface area contributed by atoms with Crippen LogP contribution in [0.1, 0.15) is 13.3 Å². The molecule has 0 aromatic carbocycles. The zero-order chi connectivity index (χ0) is 15.1. The Morgan fingerprint density at radius 3 is 3.00 bits per heavy atom. The van der Waals surface area contributed by atoms with Crippen molar-refractivity contribution in [2.45, 2.75) is 18.6 Å². The van der Waals surface area contributed by atoms with Crippen LogP contribution in [0.25, 0.3) is 10.8 Å². The molecule has 2 aromatic rings. The van der Waals surface area contributed by atoms with Gasteiger partial charge in [-0.15, -0.1) is 21.5 Å². The number of thioether (sulfide) groups is 1. The van der Waals surface area contributed by atoms with Gasteiger partial charge in [0.1, 0.15) is 0 Å². The smallest absolute Gasteiger partial charge is 0.321 e. The Hall–Kier alpha value is -1.87. The number of rotatable bonds is 6. The van der Waals surface area contributed by atoms with Crippen molar-refractivity contribution < 1.29 is 14.0 Å². The minimum absolute atomic E-state index is 0.0334. The quantitative estimate of drug-likeness (QED) is 0.789. The fourth-order valence-electron chi connectivity index (χ4n) is 1.34. The normalized spacial score (nSPS) is 10.3. The largest absolute Gasteiger partial charge is 0.410 e. The van der Waals surface area contributed by atoms with Gasteiger partial charge < -0.3 is 9.73 Å². The van der Waals surface area contributed by atoms with Crippen molar-refractivity contribution in [3.05, 3.63) is 17.5 Å². The van der Waals surface area contributed by atoms with Crippen LogP contribution in [0.15, 0.2) is 27.2 Å². The third-order valence-electron chi connectivity index (χ3n) is 2.25. The highest BCUT2D eigenvalue weighted by molar-refractivity contribution is 7.99. The SMILES string of the molecule is CCCNC(=O)NC(=O)CSc1nnc(-c2cccs2)o1. The van der Waals surface area contributed by atoms with Crippen molar-refractivity contribution in [2.24, 2.45) is 0 Å². The van der Waals surface area contributed by atoms with Gasteiger partial charge in [0.15, 0.2) is 0 Å². The van der Waals surface area contributed by atoms with Gasteiger partial charge in [0, 0.05) is 6.54 Å². The van der Waals surface area contributed by atoms with Crippen LogP contribution in [-0.2, 0) is 4.79 Å². The Kier molecular flexibility index (Phi) is 5.76. The van der Waals surface area contributed by atoms with Crippen LogP contribution in [-0.4, -0.2) is 34.4 Å². The van der Waals surface area contributed by atoms with Crippen molar-refractivity contribution in [3.8, 4) is 10.8 Å². The minimum Gasteiger partial charge on any atom is -0.410 e. The molecular weight excluding hydrogens is 312 g/mol.